The van der Waals surface area contributed by atoms with Crippen molar-refractivity contribution in [1.82, 2.24) is 0 Å². The molecule has 68 valence electrons. The van der Waals surface area contributed by atoms with Gasteiger partial charge in [-0.05, 0) is 24.0 Å². The Labute approximate surface area is 80.9 Å². The second-order valence-corrected chi connectivity index (χ2v) is 5.12. The third-order valence-corrected chi connectivity index (χ3v) is 3.88. The molecule has 2 heteroatoms. The van der Waals surface area contributed by atoms with Gasteiger partial charge in [-0.2, -0.15) is 24.4 Å². The SMILES string of the molecule is CCCC(C)(CC)CSCS. The van der Waals surface area contributed by atoms with Crippen LogP contribution in [-0.2, 0) is 0 Å². The highest BCUT2D eigenvalue weighted by molar-refractivity contribution is 8.09. The minimum atomic E-state index is 0.558. The third-order valence-electron chi connectivity index (χ3n) is 2.25. The fraction of sp³-hybridized carbons (Fsp3) is 1.00. The molecule has 0 spiro atoms. The predicted molar refractivity (Wildman–Crippen MR) is 59.6 cm³/mol. The van der Waals surface area contributed by atoms with Crippen LogP contribution in [0.3, 0.4) is 0 Å². The summed E-state index contributed by atoms with van der Waals surface area (Å²) in [6.45, 7) is 6.93. The van der Waals surface area contributed by atoms with Gasteiger partial charge in [0.05, 0.1) is 0 Å². The van der Waals surface area contributed by atoms with Gasteiger partial charge in [-0.15, -0.1) is 0 Å². The van der Waals surface area contributed by atoms with Gasteiger partial charge in [0.25, 0.3) is 0 Å². The van der Waals surface area contributed by atoms with Crippen LogP contribution in [0.2, 0.25) is 0 Å². The van der Waals surface area contributed by atoms with E-state index in [0.717, 1.165) is 5.08 Å². The molecule has 0 radical (unpaired) electrons. The standard InChI is InChI=1S/C9H20S2/c1-4-6-9(3,5-2)7-11-8-10/h10H,4-8H2,1-3H3. The van der Waals surface area contributed by atoms with Crippen molar-refractivity contribution in [3.63, 3.8) is 0 Å². The molecule has 0 saturated heterocycles. The lowest BCUT2D eigenvalue weighted by molar-refractivity contribution is 0.327. The van der Waals surface area contributed by atoms with Crippen LogP contribution in [0.4, 0.5) is 0 Å². The highest BCUT2D eigenvalue weighted by atomic mass is 32.2. The van der Waals surface area contributed by atoms with Crippen LogP contribution in [0.5, 0.6) is 0 Å². The van der Waals surface area contributed by atoms with E-state index in [0.29, 0.717) is 5.41 Å². The van der Waals surface area contributed by atoms with Gasteiger partial charge in [0.1, 0.15) is 0 Å². The monoisotopic (exact) mass is 192 g/mol. The van der Waals surface area contributed by atoms with E-state index < -0.39 is 0 Å². The van der Waals surface area contributed by atoms with Gasteiger partial charge in [0, 0.05) is 5.08 Å². The Morgan fingerprint density at radius 2 is 2.00 bits per heavy atom. The zero-order valence-corrected chi connectivity index (χ0v) is 9.60. The summed E-state index contributed by atoms with van der Waals surface area (Å²) < 4.78 is 0. The number of hydrogen-bond acceptors (Lipinski definition) is 2. The van der Waals surface area contributed by atoms with Crippen molar-refractivity contribution in [2.75, 3.05) is 10.8 Å². The number of hydrogen-bond donors (Lipinski definition) is 1. The van der Waals surface area contributed by atoms with E-state index in [2.05, 4.69) is 33.4 Å². The summed E-state index contributed by atoms with van der Waals surface area (Å²) in [4.78, 5) is 0. The molecule has 0 aliphatic rings. The molecule has 0 bridgehead atoms. The Morgan fingerprint density at radius 1 is 1.36 bits per heavy atom. The van der Waals surface area contributed by atoms with Crippen LogP contribution < -0.4 is 0 Å². The van der Waals surface area contributed by atoms with E-state index in [4.69, 9.17) is 0 Å². The van der Waals surface area contributed by atoms with E-state index in [-0.39, 0.29) is 0 Å². The molecule has 0 aromatic carbocycles. The third kappa shape index (κ3) is 5.02. The first-order valence-electron chi connectivity index (χ1n) is 4.37. The zero-order valence-electron chi connectivity index (χ0n) is 7.89. The summed E-state index contributed by atoms with van der Waals surface area (Å²) in [5, 5.41) is 0.958. The van der Waals surface area contributed by atoms with E-state index in [1.54, 1.807) is 0 Å². The van der Waals surface area contributed by atoms with Crippen molar-refractivity contribution in [1.29, 1.82) is 0 Å². The summed E-state index contributed by atoms with van der Waals surface area (Å²) in [6.07, 6.45) is 3.95. The first kappa shape index (κ1) is 11.7. The van der Waals surface area contributed by atoms with Crippen molar-refractivity contribution < 1.29 is 0 Å². The van der Waals surface area contributed by atoms with Gasteiger partial charge in [0.2, 0.25) is 0 Å². The van der Waals surface area contributed by atoms with Crippen LogP contribution in [0.15, 0.2) is 0 Å². The normalized spacial score (nSPS) is 16.4. The molecule has 0 aliphatic carbocycles. The minimum Gasteiger partial charge on any atom is -0.168 e. The van der Waals surface area contributed by atoms with Gasteiger partial charge in [-0.3, -0.25) is 0 Å². The molecular formula is C9H20S2. The molecule has 0 N–H and O–H groups in total. The maximum absolute atomic E-state index is 4.20. The van der Waals surface area contributed by atoms with Gasteiger partial charge < -0.3 is 0 Å². The van der Waals surface area contributed by atoms with Gasteiger partial charge in [0.15, 0.2) is 0 Å². The first-order valence-corrected chi connectivity index (χ1v) is 6.16. The second-order valence-electron chi connectivity index (χ2n) is 3.39. The predicted octanol–water partition coefficient (Wildman–Crippen LogP) is 3.82. The number of thiol groups is 1. The second kappa shape index (κ2) is 6.24. The van der Waals surface area contributed by atoms with Crippen LogP contribution in [0.1, 0.15) is 40.0 Å². The molecule has 0 saturated carbocycles. The highest BCUT2D eigenvalue weighted by Crippen LogP contribution is 2.31. The number of rotatable bonds is 6. The Morgan fingerprint density at radius 3 is 2.36 bits per heavy atom. The largest absolute Gasteiger partial charge is 0.168 e. The molecule has 1 unspecified atom stereocenters. The molecule has 0 amide bonds. The molecular weight excluding hydrogens is 172 g/mol. The van der Waals surface area contributed by atoms with Crippen LogP contribution in [-0.4, -0.2) is 10.8 Å². The Kier molecular flexibility index (Phi) is 6.64. The molecule has 0 fully saturated rings. The topological polar surface area (TPSA) is 0 Å². The van der Waals surface area contributed by atoms with Gasteiger partial charge >= 0.3 is 0 Å². The van der Waals surface area contributed by atoms with Crippen LogP contribution >= 0.6 is 24.4 Å². The van der Waals surface area contributed by atoms with Gasteiger partial charge in [-0.1, -0.05) is 27.2 Å². The lowest BCUT2D eigenvalue weighted by Gasteiger charge is -2.26. The van der Waals surface area contributed by atoms with Crippen molar-refractivity contribution >= 4 is 24.4 Å². The lowest BCUT2D eigenvalue weighted by Crippen LogP contribution is -2.18. The van der Waals surface area contributed by atoms with Crippen molar-refractivity contribution in [2.45, 2.75) is 40.0 Å². The smallest absolute Gasteiger partial charge is 0.0362 e. The van der Waals surface area contributed by atoms with Crippen molar-refractivity contribution in [3.05, 3.63) is 0 Å². The summed E-state index contributed by atoms with van der Waals surface area (Å²) >= 11 is 6.15. The Bertz CT molecular complexity index is 93.6. The van der Waals surface area contributed by atoms with Gasteiger partial charge in [-0.25, -0.2) is 0 Å². The lowest BCUT2D eigenvalue weighted by atomic mass is 9.85. The summed E-state index contributed by atoms with van der Waals surface area (Å²) in [6, 6.07) is 0. The maximum Gasteiger partial charge on any atom is 0.0362 e. The zero-order chi connectivity index (χ0) is 8.74. The molecule has 0 aromatic heterocycles. The average molecular weight is 192 g/mol. The molecule has 0 nitrogen and oxygen atoms in total. The maximum atomic E-state index is 4.20. The van der Waals surface area contributed by atoms with Crippen LogP contribution in [0, 0.1) is 5.41 Å². The Balaban J connectivity index is 3.68. The van der Waals surface area contributed by atoms with E-state index in [1.807, 2.05) is 11.8 Å². The van der Waals surface area contributed by atoms with Crippen molar-refractivity contribution in [2.24, 2.45) is 5.41 Å². The minimum absolute atomic E-state index is 0.558. The molecule has 0 heterocycles. The van der Waals surface area contributed by atoms with Crippen molar-refractivity contribution in [3.8, 4) is 0 Å². The van der Waals surface area contributed by atoms with E-state index in [9.17, 15) is 0 Å². The molecule has 0 aliphatic heterocycles. The molecule has 1 atom stereocenters. The summed E-state index contributed by atoms with van der Waals surface area (Å²) in [5.41, 5.74) is 0.558. The summed E-state index contributed by atoms with van der Waals surface area (Å²) in [7, 11) is 0. The first-order chi connectivity index (χ1) is 5.18. The van der Waals surface area contributed by atoms with E-state index >= 15 is 0 Å². The fourth-order valence-electron chi connectivity index (χ4n) is 1.25. The highest BCUT2D eigenvalue weighted by Gasteiger charge is 2.19. The molecule has 0 aromatic rings. The van der Waals surface area contributed by atoms with E-state index in [1.165, 1.54) is 25.0 Å². The number of thioether (sulfide) groups is 1. The van der Waals surface area contributed by atoms with Crippen LogP contribution in [0.25, 0.3) is 0 Å². The fourth-order valence-corrected chi connectivity index (χ4v) is 2.45. The molecule has 11 heavy (non-hydrogen) atoms. The molecule has 0 rings (SSSR count). The average Bonchev–Trinajstić information content (AvgIpc) is 2.02. The Hall–Kier alpha value is 0.700. The summed E-state index contributed by atoms with van der Waals surface area (Å²) in [5.74, 6) is 1.26. The quantitative estimate of drug-likeness (QED) is 0.493.